The van der Waals surface area contributed by atoms with Crippen LogP contribution in [0.2, 0.25) is 0 Å². The molecule has 3 heteroatoms. The predicted octanol–water partition coefficient (Wildman–Crippen LogP) is 3.84. The van der Waals surface area contributed by atoms with Crippen molar-refractivity contribution in [3.8, 4) is 0 Å². The summed E-state index contributed by atoms with van der Waals surface area (Å²) in [7, 11) is 0. The van der Waals surface area contributed by atoms with E-state index in [9.17, 15) is 4.79 Å². The van der Waals surface area contributed by atoms with Crippen molar-refractivity contribution in [3.63, 3.8) is 0 Å². The van der Waals surface area contributed by atoms with Gasteiger partial charge in [0.2, 0.25) is 0 Å². The van der Waals surface area contributed by atoms with E-state index in [-0.39, 0.29) is 6.04 Å². The number of carbonyl (C=O) groups is 1. The number of carboxylic acid groups (broad SMARTS) is 1. The molecule has 94 valence electrons. The number of hydrogen-bond acceptors (Lipinski definition) is 1. The van der Waals surface area contributed by atoms with Crippen molar-refractivity contribution in [2.75, 3.05) is 4.90 Å². The molecule has 1 atom stereocenters. The zero-order valence-corrected chi connectivity index (χ0v) is 11.0. The lowest BCUT2D eigenvalue weighted by molar-refractivity contribution is 0.198. The average Bonchev–Trinajstić information content (AvgIpc) is 2.31. The van der Waals surface area contributed by atoms with Gasteiger partial charge in [0.1, 0.15) is 0 Å². The van der Waals surface area contributed by atoms with Gasteiger partial charge in [0.25, 0.3) is 0 Å². The summed E-state index contributed by atoms with van der Waals surface area (Å²) in [4.78, 5) is 12.6. The van der Waals surface area contributed by atoms with E-state index in [4.69, 9.17) is 5.11 Å². The van der Waals surface area contributed by atoms with Gasteiger partial charge in [-0.15, -0.1) is 0 Å². The molecule has 0 unspecified atom stereocenters. The maximum atomic E-state index is 11.1. The largest absolute Gasteiger partial charge is 0.465 e. The Morgan fingerprint density at radius 3 is 2.65 bits per heavy atom. The van der Waals surface area contributed by atoms with Gasteiger partial charge in [0.15, 0.2) is 0 Å². The quantitative estimate of drug-likeness (QED) is 0.742. The summed E-state index contributed by atoms with van der Waals surface area (Å²) in [5.74, 6) is 0. The predicted molar refractivity (Wildman–Crippen MR) is 70.8 cm³/mol. The van der Waals surface area contributed by atoms with Crippen LogP contribution in [0.4, 0.5) is 10.5 Å². The second-order valence-electron chi connectivity index (χ2n) is 4.17. The standard InChI is InChI=1S/C12H15NO2.C2H6/c1-8-3-6-11-10(7-8)5-4-9(2)13(11)12(14)15;1-2/h3,6-7,9H,4-5H2,1-2H3,(H,14,15);1-2H3/t9-;/m0./s1. The molecule has 1 amide bonds. The normalized spacial score (nSPS) is 17.9. The molecule has 0 saturated heterocycles. The molecule has 1 aromatic rings. The number of benzene rings is 1. The Morgan fingerprint density at radius 1 is 1.41 bits per heavy atom. The molecule has 1 N–H and O–H groups in total. The SMILES string of the molecule is CC.Cc1ccc2c(c1)CC[C@H](C)N2C(=O)O. The van der Waals surface area contributed by atoms with Crippen molar-refractivity contribution < 1.29 is 9.90 Å². The van der Waals surface area contributed by atoms with Crippen LogP contribution in [0.25, 0.3) is 0 Å². The van der Waals surface area contributed by atoms with Crippen LogP contribution < -0.4 is 4.90 Å². The summed E-state index contributed by atoms with van der Waals surface area (Å²) in [5.41, 5.74) is 3.19. The summed E-state index contributed by atoms with van der Waals surface area (Å²) in [6, 6.07) is 6.04. The van der Waals surface area contributed by atoms with Gasteiger partial charge in [-0.25, -0.2) is 4.79 Å². The van der Waals surface area contributed by atoms with E-state index in [1.54, 1.807) is 0 Å². The van der Waals surface area contributed by atoms with Crippen LogP contribution in [-0.4, -0.2) is 17.2 Å². The lowest BCUT2D eigenvalue weighted by Gasteiger charge is -2.33. The van der Waals surface area contributed by atoms with Crippen LogP contribution in [0.15, 0.2) is 18.2 Å². The first kappa shape index (κ1) is 13.6. The Balaban J connectivity index is 0.000000686. The third kappa shape index (κ3) is 2.78. The molecule has 0 fully saturated rings. The lowest BCUT2D eigenvalue weighted by atomic mass is 9.96. The minimum absolute atomic E-state index is 0.0812. The molecule has 0 aromatic heterocycles. The van der Waals surface area contributed by atoms with Crippen LogP contribution in [-0.2, 0) is 6.42 Å². The van der Waals surface area contributed by atoms with E-state index in [0.717, 1.165) is 24.1 Å². The van der Waals surface area contributed by atoms with Crippen molar-refractivity contribution in [1.29, 1.82) is 0 Å². The Kier molecular flexibility index (Phi) is 4.55. The monoisotopic (exact) mass is 235 g/mol. The number of anilines is 1. The lowest BCUT2D eigenvalue weighted by Crippen LogP contribution is -2.41. The Labute approximate surface area is 103 Å². The van der Waals surface area contributed by atoms with Crippen molar-refractivity contribution in [2.45, 2.75) is 46.6 Å². The van der Waals surface area contributed by atoms with E-state index in [0.29, 0.717) is 0 Å². The fraction of sp³-hybridized carbons (Fsp3) is 0.500. The molecular weight excluding hydrogens is 214 g/mol. The van der Waals surface area contributed by atoms with Crippen LogP contribution in [0.3, 0.4) is 0 Å². The van der Waals surface area contributed by atoms with Gasteiger partial charge in [-0.1, -0.05) is 31.5 Å². The van der Waals surface area contributed by atoms with Gasteiger partial charge in [-0.05, 0) is 38.3 Å². The molecule has 17 heavy (non-hydrogen) atoms. The molecule has 1 heterocycles. The molecule has 0 saturated carbocycles. The third-order valence-corrected chi connectivity index (χ3v) is 2.97. The molecule has 2 rings (SSSR count). The van der Waals surface area contributed by atoms with Gasteiger partial charge in [0, 0.05) is 6.04 Å². The minimum Gasteiger partial charge on any atom is -0.465 e. The van der Waals surface area contributed by atoms with Crippen molar-refractivity contribution >= 4 is 11.8 Å². The van der Waals surface area contributed by atoms with E-state index in [1.165, 1.54) is 10.5 Å². The van der Waals surface area contributed by atoms with Crippen LogP contribution >= 0.6 is 0 Å². The minimum atomic E-state index is -0.854. The highest BCUT2D eigenvalue weighted by atomic mass is 16.4. The number of hydrogen-bond donors (Lipinski definition) is 1. The fourth-order valence-electron chi connectivity index (χ4n) is 2.17. The van der Waals surface area contributed by atoms with E-state index in [1.807, 2.05) is 39.8 Å². The Hall–Kier alpha value is -1.51. The van der Waals surface area contributed by atoms with E-state index >= 15 is 0 Å². The maximum Gasteiger partial charge on any atom is 0.412 e. The Bertz CT molecular complexity index is 401. The zero-order valence-electron chi connectivity index (χ0n) is 11.0. The van der Waals surface area contributed by atoms with Crippen LogP contribution in [0.1, 0.15) is 38.3 Å². The van der Waals surface area contributed by atoms with Crippen molar-refractivity contribution in [3.05, 3.63) is 29.3 Å². The third-order valence-electron chi connectivity index (χ3n) is 2.97. The van der Waals surface area contributed by atoms with Gasteiger partial charge in [0.05, 0.1) is 5.69 Å². The van der Waals surface area contributed by atoms with Gasteiger partial charge in [-0.3, -0.25) is 4.90 Å². The van der Waals surface area contributed by atoms with Crippen molar-refractivity contribution in [1.82, 2.24) is 0 Å². The number of aryl methyl sites for hydroxylation is 2. The first-order valence-electron chi connectivity index (χ1n) is 6.21. The summed E-state index contributed by atoms with van der Waals surface area (Å²) in [6.45, 7) is 7.99. The second kappa shape index (κ2) is 5.71. The molecule has 1 aliphatic heterocycles. The van der Waals surface area contributed by atoms with Gasteiger partial charge in [-0.2, -0.15) is 0 Å². The van der Waals surface area contributed by atoms with Crippen LogP contribution in [0.5, 0.6) is 0 Å². The summed E-state index contributed by atoms with van der Waals surface area (Å²) >= 11 is 0. The Morgan fingerprint density at radius 2 is 2.06 bits per heavy atom. The van der Waals surface area contributed by atoms with E-state index < -0.39 is 6.09 Å². The number of amides is 1. The fourth-order valence-corrected chi connectivity index (χ4v) is 2.17. The smallest absolute Gasteiger partial charge is 0.412 e. The summed E-state index contributed by atoms with van der Waals surface area (Å²) < 4.78 is 0. The maximum absolute atomic E-state index is 11.1. The highest BCUT2D eigenvalue weighted by Crippen LogP contribution is 2.31. The molecule has 1 aliphatic rings. The molecule has 0 bridgehead atoms. The summed E-state index contributed by atoms with van der Waals surface area (Å²) in [6.07, 6.45) is 1.03. The zero-order chi connectivity index (χ0) is 13.0. The van der Waals surface area contributed by atoms with E-state index in [2.05, 4.69) is 6.07 Å². The molecule has 0 radical (unpaired) electrons. The molecule has 3 nitrogen and oxygen atoms in total. The molecule has 0 spiro atoms. The second-order valence-corrected chi connectivity index (χ2v) is 4.17. The van der Waals surface area contributed by atoms with Crippen molar-refractivity contribution in [2.24, 2.45) is 0 Å². The summed E-state index contributed by atoms with van der Waals surface area (Å²) in [5, 5.41) is 9.15. The number of fused-ring (bicyclic) bond motifs is 1. The van der Waals surface area contributed by atoms with Crippen LogP contribution in [0, 0.1) is 6.92 Å². The molecular formula is C14H21NO2. The highest BCUT2D eigenvalue weighted by Gasteiger charge is 2.27. The molecule has 0 aliphatic carbocycles. The molecule has 1 aromatic carbocycles. The first-order chi connectivity index (χ1) is 8.09. The topological polar surface area (TPSA) is 40.5 Å². The van der Waals surface area contributed by atoms with Gasteiger partial charge < -0.3 is 5.11 Å². The first-order valence-corrected chi connectivity index (χ1v) is 6.21. The number of rotatable bonds is 0. The highest BCUT2D eigenvalue weighted by molar-refractivity contribution is 5.88. The average molecular weight is 235 g/mol. The van der Waals surface area contributed by atoms with Gasteiger partial charge >= 0.3 is 6.09 Å². The number of nitrogens with zero attached hydrogens (tertiary/aromatic N) is 1.